The molecule has 2 aromatic carbocycles. The van der Waals surface area contributed by atoms with Crippen molar-refractivity contribution in [2.75, 3.05) is 0 Å². The molecule has 3 aromatic heterocycles. The number of hydrogen-bond acceptors (Lipinski definition) is 2. The first-order valence-electron chi connectivity index (χ1n) is 20.4. The van der Waals surface area contributed by atoms with Gasteiger partial charge in [0.25, 0.3) is 0 Å². The number of hydrogen-bond donors (Lipinski definition) is 2. The van der Waals surface area contributed by atoms with Crippen LogP contribution in [0.5, 0.6) is 0 Å². The zero-order chi connectivity index (χ0) is 36.3. The molecular weight excluding hydrogens is 645 g/mol. The first-order valence-corrected chi connectivity index (χ1v) is 20.4. The minimum atomic E-state index is 0.253. The van der Waals surface area contributed by atoms with Crippen molar-refractivity contribution in [1.29, 1.82) is 0 Å². The minimum absolute atomic E-state index is 0.253. The van der Waals surface area contributed by atoms with E-state index in [2.05, 4.69) is 113 Å². The van der Waals surface area contributed by atoms with Gasteiger partial charge in [0, 0.05) is 27.5 Å². The van der Waals surface area contributed by atoms with Gasteiger partial charge >= 0.3 is 0 Å². The number of H-pyrrole nitrogens is 2. The van der Waals surface area contributed by atoms with E-state index in [1.165, 1.54) is 101 Å². The minimum Gasteiger partial charge on any atom is -0.355 e. The summed E-state index contributed by atoms with van der Waals surface area (Å²) in [5.74, 6) is 0. The molecule has 2 N–H and O–H groups in total. The summed E-state index contributed by atoms with van der Waals surface area (Å²) < 4.78 is 0. The third-order valence-electron chi connectivity index (χ3n) is 11.1. The van der Waals surface area contributed by atoms with E-state index < -0.39 is 0 Å². The van der Waals surface area contributed by atoms with E-state index in [1.807, 2.05) is 42.5 Å². The SMILES string of the molecule is C1=Cc2cc3ccc(cc4ccc(cc5nc(cc1n2)C=C5)[nH]4)[nH]3.CCCCCCCCC1(CCCCCCCC)c2ccccc2-c2ccccc21. The summed E-state index contributed by atoms with van der Waals surface area (Å²) in [6.07, 6.45) is 27.3. The highest BCUT2D eigenvalue weighted by Gasteiger charge is 2.41. The molecule has 0 saturated heterocycles. The summed E-state index contributed by atoms with van der Waals surface area (Å²) >= 11 is 0. The monoisotopic (exact) mass is 700 g/mol. The van der Waals surface area contributed by atoms with Crippen molar-refractivity contribution in [3.63, 3.8) is 0 Å². The van der Waals surface area contributed by atoms with Crippen molar-refractivity contribution in [1.82, 2.24) is 19.9 Å². The maximum Gasteiger partial charge on any atom is 0.0659 e. The molecule has 53 heavy (non-hydrogen) atoms. The molecule has 0 atom stereocenters. The molecule has 8 bridgehead atoms. The zero-order valence-electron chi connectivity index (χ0n) is 31.8. The van der Waals surface area contributed by atoms with Crippen molar-refractivity contribution in [2.24, 2.45) is 0 Å². The van der Waals surface area contributed by atoms with E-state index in [4.69, 9.17) is 0 Å². The van der Waals surface area contributed by atoms with E-state index in [-0.39, 0.29) is 5.41 Å². The second-order valence-electron chi connectivity index (χ2n) is 15.1. The van der Waals surface area contributed by atoms with Crippen molar-refractivity contribution in [3.8, 4) is 11.1 Å². The van der Waals surface area contributed by atoms with Gasteiger partial charge in [0.1, 0.15) is 0 Å². The summed E-state index contributed by atoms with van der Waals surface area (Å²) in [7, 11) is 0. The third kappa shape index (κ3) is 8.99. The molecule has 4 heteroatoms. The predicted molar refractivity (Wildman–Crippen MR) is 228 cm³/mol. The van der Waals surface area contributed by atoms with Gasteiger partial charge in [-0.2, -0.15) is 0 Å². The van der Waals surface area contributed by atoms with Crippen LogP contribution in [0.3, 0.4) is 0 Å². The van der Waals surface area contributed by atoms with Gasteiger partial charge in [0.05, 0.1) is 22.8 Å². The number of rotatable bonds is 14. The maximum absolute atomic E-state index is 4.62. The Morgan fingerprint density at radius 1 is 0.415 bits per heavy atom. The molecule has 5 aromatic rings. The normalized spacial score (nSPS) is 13.4. The van der Waals surface area contributed by atoms with E-state index in [0.29, 0.717) is 0 Å². The topological polar surface area (TPSA) is 57.4 Å². The number of nitrogens with one attached hydrogen (secondary N) is 2. The van der Waals surface area contributed by atoms with Crippen molar-refractivity contribution >= 4 is 46.4 Å². The fourth-order valence-electron chi connectivity index (χ4n) is 8.44. The van der Waals surface area contributed by atoms with Crippen molar-refractivity contribution in [2.45, 2.75) is 109 Å². The summed E-state index contributed by atoms with van der Waals surface area (Å²) in [5, 5.41) is 0. The molecule has 8 rings (SSSR count). The van der Waals surface area contributed by atoms with Gasteiger partial charge in [-0.15, -0.1) is 0 Å². The average Bonchev–Trinajstić information content (AvgIpc) is 4.03. The van der Waals surface area contributed by atoms with Gasteiger partial charge in [0.2, 0.25) is 0 Å². The molecule has 4 nitrogen and oxygen atoms in total. The highest BCUT2D eigenvalue weighted by molar-refractivity contribution is 5.81. The molecule has 0 unspecified atom stereocenters. The number of fused-ring (bicyclic) bond motifs is 11. The Bertz CT molecular complexity index is 2040. The Morgan fingerprint density at radius 2 is 0.792 bits per heavy atom. The molecule has 2 aliphatic heterocycles. The average molecular weight is 701 g/mol. The standard InChI is InChI=1S/C29H42.C20H14N4/c1-3-5-7-9-11-17-23-29(24-18-12-10-8-6-4-2)27-21-15-13-19-25(27)26-20-14-16-22-28(26)29;1-2-14-10-16-5-6-18(23-16)12-20-8-7-19(24-20)11-17-4-3-15(22-17)9-13(1)21-14/h13-16,19-22H,3-12,17-18,23-24H2,1-2H3;1-12,21-22H. The number of nitrogens with zero attached hydrogens (tertiary/aromatic N) is 2. The van der Waals surface area contributed by atoms with Crippen LogP contribution in [0.4, 0.5) is 0 Å². The van der Waals surface area contributed by atoms with Gasteiger partial charge in [-0.3, -0.25) is 0 Å². The lowest BCUT2D eigenvalue weighted by Crippen LogP contribution is -2.25. The van der Waals surface area contributed by atoms with Crippen LogP contribution < -0.4 is 0 Å². The lowest BCUT2D eigenvalue weighted by molar-refractivity contribution is 0.398. The summed E-state index contributed by atoms with van der Waals surface area (Å²) in [6, 6.07) is 35.0. The van der Waals surface area contributed by atoms with Gasteiger partial charge < -0.3 is 9.97 Å². The number of aromatic amines is 2. The second-order valence-corrected chi connectivity index (χ2v) is 15.1. The first kappa shape index (κ1) is 36.4. The molecule has 0 amide bonds. The quantitative estimate of drug-likeness (QED) is 0.111. The molecular formula is C49H56N4. The molecule has 0 fully saturated rings. The Balaban J connectivity index is 0.000000166. The fourth-order valence-corrected chi connectivity index (χ4v) is 8.44. The van der Waals surface area contributed by atoms with Gasteiger partial charge in [-0.1, -0.05) is 139 Å². The summed E-state index contributed by atoms with van der Waals surface area (Å²) in [6.45, 7) is 4.61. The van der Waals surface area contributed by atoms with Gasteiger partial charge in [-0.05, 0) is 108 Å². The Morgan fingerprint density at radius 3 is 1.25 bits per heavy atom. The van der Waals surface area contributed by atoms with Crippen LogP contribution >= 0.6 is 0 Å². The van der Waals surface area contributed by atoms with Crippen LogP contribution in [-0.4, -0.2) is 19.9 Å². The molecule has 0 radical (unpaired) electrons. The van der Waals surface area contributed by atoms with Crippen LogP contribution in [0.15, 0.2) is 97.1 Å². The van der Waals surface area contributed by atoms with Crippen LogP contribution in [0.1, 0.15) is 138 Å². The van der Waals surface area contributed by atoms with Crippen LogP contribution in [0.2, 0.25) is 0 Å². The molecule has 0 saturated carbocycles. The first-order chi connectivity index (χ1) is 26.1. The number of aromatic nitrogens is 4. The molecule has 5 heterocycles. The third-order valence-corrected chi connectivity index (χ3v) is 11.1. The largest absolute Gasteiger partial charge is 0.355 e. The van der Waals surface area contributed by atoms with Crippen molar-refractivity contribution < 1.29 is 0 Å². The molecule has 0 spiro atoms. The van der Waals surface area contributed by atoms with E-state index >= 15 is 0 Å². The predicted octanol–water partition coefficient (Wildman–Crippen LogP) is 14.1. The second kappa shape index (κ2) is 17.7. The molecule has 3 aliphatic rings. The van der Waals surface area contributed by atoms with Gasteiger partial charge in [0.15, 0.2) is 0 Å². The van der Waals surface area contributed by atoms with Gasteiger partial charge in [-0.25, -0.2) is 9.97 Å². The summed E-state index contributed by atoms with van der Waals surface area (Å²) in [4.78, 5) is 16.0. The van der Waals surface area contributed by atoms with E-state index in [9.17, 15) is 0 Å². The Labute approximate surface area is 316 Å². The van der Waals surface area contributed by atoms with E-state index in [0.717, 1.165) is 44.8 Å². The molecule has 272 valence electrons. The van der Waals surface area contributed by atoms with Crippen LogP contribution in [0.25, 0.3) is 57.5 Å². The Hall–Kier alpha value is -4.96. The summed E-state index contributed by atoms with van der Waals surface area (Å²) in [5.41, 5.74) is 14.3. The lowest BCUT2D eigenvalue weighted by atomic mass is 9.70. The van der Waals surface area contributed by atoms with E-state index in [1.54, 1.807) is 11.1 Å². The Kier molecular flexibility index (Phi) is 12.2. The smallest absolute Gasteiger partial charge is 0.0659 e. The maximum atomic E-state index is 4.62. The van der Waals surface area contributed by atoms with Crippen LogP contribution in [0, 0.1) is 0 Å². The lowest BCUT2D eigenvalue weighted by Gasteiger charge is -2.33. The highest BCUT2D eigenvalue weighted by atomic mass is 14.8. The molecule has 1 aliphatic carbocycles. The highest BCUT2D eigenvalue weighted by Crippen LogP contribution is 2.54. The van der Waals surface area contributed by atoms with Crippen molar-refractivity contribution in [3.05, 3.63) is 131 Å². The number of benzene rings is 2. The number of unbranched alkanes of at least 4 members (excludes halogenated alkanes) is 10. The van der Waals surface area contributed by atoms with Crippen LogP contribution in [-0.2, 0) is 5.41 Å². The zero-order valence-corrected chi connectivity index (χ0v) is 31.8. The fraction of sp³-hybridized carbons (Fsp3) is 0.347.